The van der Waals surface area contributed by atoms with E-state index in [0.717, 1.165) is 5.56 Å². The van der Waals surface area contributed by atoms with Gasteiger partial charge in [0.1, 0.15) is 0 Å². The molecule has 1 aliphatic carbocycles. The number of halogens is 1. The van der Waals surface area contributed by atoms with Crippen molar-refractivity contribution >= 4 is 11.6 Å². The lowest BCUT2D eigenvalue weighted by molar-refractivity contribution is 0.338. The van der Waals surface area contributed by atoms with E-state index in [4.69, 9.17) is 16.1 Å². The largest absolute Gasteiger partial charge is 0.337 e. The third-order valence-corrected chi connectivity index (χ3v) is 3.19. The Bertz CT molecular complexity index is 551. The third kappa shape index (κ3) is 2.54. The van der Waals surface area contributed by atoms with Crippen LogP contribution >= 0.6 is 11.6 Å². The molecule has 5 heteroatoms. The number of nitrogens with one attached hydrogen (secondary N) is 1. The molecule has 18 heavy (non-hydrogen) atoms. The van der Waals surface area contributed by atoms with Crippen molar-refractivity contribution in [2.75, 3.05) is 0 Å². The molecule has 1 fully saturated rings. The summed E-state index contributed by atoms with van der Waals surface area (Å²) in [6.07, 6.45) is 2.47. The van der Waals surface area contributed by atoms with Gasteiger partial charge in [-0.2, -0.15) is 4.98 Å². The molecule has 1 saturated carbocycles. The first-order valence-corrected chi connectivity index (χ1v) is 6.46. The van der Waals surface area contributed by atoms with Crippen LogP contribution in [0.1, 0.15) is 31.7 Å². The van der Waals surface area contributed by atoms with Crippen LogP contribution in [0.3, 0.4) is 0 Å². The quantitative estimate of drug-likeness (QED) is 0.920. The van der Waals surface area contributed by atoms with E-state index in [1.165, 1.54) is 12.8 Å². The molecule has 2 aromatic rings. The van der Waals surface area contributed by atoms with E-state index in [0.29, 0.717) is 22.8 Å². The van der Waals surface area contributed by atoms with Crippen LogP contribution in [0.25, 0.3) is 11.4 Å². The summed E-state index contributed by atoms with van der Waals surface area (Å²) < 4.78 is 5.28. The number of hydrogen-bond acceptors (Lipinski definition) is 4. The Balaban J connectivity index is 1.79. The highest BCUT2D eigenvalue weighted by molar-refractivity contribution is 6.30. The Morgan fingerprint density at radius 3 is 3.00 bits per heavy atom. The summed E-state index contributed by atoms with van der Waals surface area (Å²) in [6.45, 7) is 2.04. The minimum atomic E-state index is 0.0953. The van der Waals surface area contributed by atoms with Crippen LogP contribution in [0.2, 0.25) is 5.02 Å². The highest BCUT2D eigenvalue weighted by Crippen LogP contribution is 2.25. The van der Waals surface area contributed by atoms with E-state index < -0.39 is 0 Å². The van der Waals surface area contributed by atoms with Crippen molar-refractivity contribution in [1.29, 1.82) is 0 Å². The second-order valence-corrected chi connectivity index (χ2v) is 5.07. The zero-order valence-electron chi connectivity index (χ0n) is 10.1. The first kappa shape index (κ1) is 11.7. The lowest BCUT2D eigenvalue weighted by Crippen LogP contribution is -2.20. The highest BCUT2D eigenvalue weighted by Gasteiger charge is 2.25. The first-order chi connectivity index (χ1) is 8.72. The van der Waals surface area contributed by atoms with E-state index in [-0.39, 0.29) is 6.04 Å². The summed E-state index contributed by atoms with van der Waals surface area (Å²) in [6, 6.07) is 8.15. The molecule has 3 rings (SSSR count). The predicted molar refractivity (Wildman–Crippen MR) is 69.3 cm³/mol. The van der Waals surface area contributed by atoms with Crippen LogP contribution in [0.5, 0.6) is 0 Å². The number of hydrogen-bond donors (Lipinski definition) is 1. The number of aromatic nitrogens is 2. The van der Waals surface area contributed by atoms with Gasteiger partial charge in [-0.05, 0) is 31.9 Å². The molecule has 0 radical (unpaired) electrons. The second kappa shape index (κ2) is 4.71. The van der Waals surface area contributed by atoms with Crippen LogP contribution in [0.4, 0.5) is 0 Å². The maximum Gasteiger partial charge on any atom is 0.243 e. The van der Waals surface area contributed by atoms with Gasteiger partial charge < -0.3 is 9.84 Å². The molecule has 0 amide bonds. The van der Waals surface area contributed by atoms with Gasteiger partial charge in [0.15, 0.2) is 0 Å². The van der Waals surface area contributed by atoms with Crippen molar-refractivity contribution in [2.45, 2.75) is 31.8 Å². The van der Waals surface area contributed by atoms with Crippen LogP contribution in [-0.2, 0) is 0 Å². The molecule has 0 spiro atoms. The Morgan fingerprint density at radius 1 is 1.44 bits per heavy atom. The third-order valence-electron chi connectivity index (χ3n) is 2.96. The summed E-state index contributed by atoms with van der Waals surface area (Å²) in [5.41, 5.74) is 0.871. The first-order valence-electron chi connectivity index (χ1n) is 6.08. The van der Waals surface area contributed by atoms with Crippen molar-refractivity contribution in [3.05, 3.63) is 35.2 Å². The average molecular weight is 264 g/mol. The second-order valence-electron chi connectivity index (χ2n) is 4.63. The van der Waals surface area contributed by atoms with E-state index in [1.54, 1.807) is 0 Å². The minimum absolute atomic E-state index is 0.0953. The Morgan fingerprint density at radius 2 is 2.28 bits per heavy atom. The van der Waals surface area contributed by atoms with Crippen LogP contribution in [-0.4, -0.2) is 16.2 Å². The average Bonchev–Trinajstić information content (AvgIpc) is 3.03. The van der Waals surface area contributed by atoms with Crippen molar-refractivity contribution in [2.24, 2.45) is 0 Å². The van der Waals surface area contributed by atoms with Gasteiger partial charge in [-0.25, -0.2) is 0 Å². The van der Waals surface area contributed by atoms with Crippen molar-refractivity contribution in [3.63, 3.8) is 0 Å². The van der Waals surface area contributed by atoms with E-state index in [2.05, 4.69) is 15.5 Å². The molecule has 1 aromatic heterocycles. The molecule has 1 atom stereocenters. The van der Waals surface area contributed by atoms with Crippen LogP contribution in [0.15, 0.2) is 28.8 Å². The topological polar surface area (TPSA) is 51.0 Å². The molecule has 1 N–H and O–H groups in total. The van der Waals surface area contributed by atoms with E-state index in [1.807, 2.05) is 31.2 Å². The van der Waals surface area contributed by atoms with E-state index in [9.17, 15) is 0 Å². The monoisotopic (exact) mass is 263 g/mol. The highest BCUT2D eigenvalue weighted by atomic mass is 35.5. The molecule has 0 bridgehead atoms. The fourth-order valence-corrected chi connectivity index (χ4v) is 2.02. The van der Waals surface area contributed by atoms with Crippen molar-refractivity contribution in [3.8, 4) is 11.4 Å². The molecule has 0 aliphatic heterocycles. The molecular weight excluding hydrogens is 250 g/mol. The normalized spacial score (nSPS) is 16.8. The molecule has 1 aliphatic rings. The fraction of sp³-hybridized carbons (Fsp3) is 0.385. The van der Waals surface area contributed by atoms with Gasteiger partial charge in [-0.15, -0.1) is 0 Å². The lowest BCUT2D eigenvalue weighted by atomic mass is 10.2. The van der Waals surface area contributed by atoms with Gasteiger partial charge in [-0.3, -0.25) is 0 Å². The number of benzene rings is 1. The zero-order valence-corrected chi connectivity index (χ0v) is 10.8. The maximum absolute atomic E-state index is 5.94. The van der Waals surface area contributed by atoms with Crippen LogP contribution < -0.4 is 5.32 Å². The summed E-state index contributed by atoms with van der Waals surface area (Å²) in [4.78, 5) is 4.40. The predicted octanol–water partition coefficient (Wildman–Crippen LogP) is 3.20. The summed E-state index contributed by atoms with van der Waals surface area (Å²) >= 11 is 5.94. The van der Waals surface area contributed by atoms with Gasteiger partial charge >= 0.3 is 0 Å². The van der Waals surface area contributed by atoms with Gasteiger partial charge in [0.05, 0.1) is 6.04 Å². The van der Waals surface area contributed by atoms with Gasteiger partial charge in [-0.1, -0.05) is 28.9 Å². The van der Waals surface area contributed by atoms with Gasteiger partial charge in [0, 0.05) is 16.6 Å². The molecule has 1 heterocycles. The summed E-state index contributed by atoms with van der Waals surface area (Å²) in [7, 11) is 0. The van der Waals surface area contributed by atoms with E-state index >= 15 is 0 Å². The maximum atomic E-state index is 5.94. The summed E-state index contributed by atoms with van der Waals surface area (Å²) in [5.74, 6) is 1.20. The standard InChI is InChI=1S/C13H14ClN3O/c1-8(15-11-5-6-11)13-16-12(17-18-13)9-3-2-4-10(14)7-9/h2-4,7-8,11,15H,5-6H2,1H3. The zero-order chi connectivity index (χ0) is 12.5. The smallest absolute Gasteiger partial charge is 0.243 e. The molecule has 94 valence electrons. The molecule has 4 nitrogen and oxygen atoms in total. The Kier molecular flexibility index (Phi) is 3.06. The molecule has 1 unspecified atom stereocenters. The molecular formula is C13H14ClN3O. The van der Waals surface area contributed by atoms with Gasteiger partial charge in [0.2, 0.25) is 11.7 Å². The van der Waals surface area contributed by atoms with Crippen LogP contribution in [0, 0.1) is 0 Å². The van der Waals surface area contributed by atoms with Gasteiger partial charge in [0.25, 0.3) is 0 Å². The lowest BCUT2D eigenvalue weighted by Gasteiger charge is -2.06. The molecule has 1 aromatic carbocycles. The van der Waals surface area contributed by atoms with Crippen molar-refractivity contribution in [1.82, 2.24) is 15.5 Å². The Hall–Kier alpha value is -1.39. The Labute approximate surface area is 110 Å². The SMILES string of the molecule is CC(NC1CC1)c1nc(-c2cccc(Cl)c2)no1. The number of rotatable bonds is 4. The summed E-state index contributed by atoms with van der Waals surface area (Å²) in [5, 5.41) is 8.08. The molecule has 0 saturated heterocycles. The minimum Gasteiger partial charge on any atom is -0.337 e. The fourth-order valence-electron chi connectivity index (χ4n) is 1.83. The number of nitrogens with zero attached hydrogens (tertiary/aromatic N) is 2. The van der Waals surface area contributed by atoms with Crippen molar-refractivity contribution < 1.29 is 4.52 Å².